The molecule has 0 aromatic heterocycles. The average molecular weight is 259 g/mol. The summed E-state index contributed by atoms with van der Waals surface area (Å²) >= 11 is 0. The molecule has 0 amide bonds. The summed E-state index contributed by atoms with van der Waals surface area (Å²) in [6.07, 6.45) is 0.394. The maximum Gasteiger partial charge on any atom is 0.292 e. The lowest BCUT2D eigenvalue weighted by Gasteiger charge is -2.13. The smallest absolute Gasteiger partial charge is 0.292 e. The second kappa shape index (κ2) is 6.20. The molecule has 6 heteroatoms. The van der Waals surface area contributed by atoms with E-state index in [0.29, 0.717) is 17.7 Å². The van der Waals surface area contributed by atoms with Gasteiger partial charge in [0.05, 0.1) is 4.92 Å². The van der Waals surface area contributed by atoms with Crippen LogP contribution in [0.1, 0.15) is 23.7 Å². The number of hydrogen-bond donors (Lipinski definition) is 0. The molecule has 0 atom stereocenters. The Morgan fingerprint density at radius 3 is 2.41 bits per heavy atom. The molecule has 0 spiro atoms. The second-order valence-corrected chi connectivity index (χ2v) is 3.63. The summed E-state index contributed by atoms with van der Waals surface area (Å²) in [6.45, 7) is 1.76. The van der Waals surface area contributed by atoms with Crippen LogP contribution in [0, 0.1) is 10.1 Å². The summed E-state index contributed by atoms with van der Waals surface area (Å²) in [7, 11) is 3.42. The third-order valence-electron chi connectivity index (χ3n) is 2.30. The topological polar surface area (TPSA) is 63.4 Å². The Labute approximate surface area is 106 Å². The monoisotopic (exact) mass is 258 g/mol. The van der Waals surface area contributed by atoms with E-state index in [4.69, 9.17) is 0 Å². The molecule has 0 saturated heterocycles. The van der Waals surface area contributed by atoms with E-state index in [1.807, 2.05) is 0 Å². The number of nitrogens with zero attached hydrogens (tertiary/aromatic N) is 2. The highest BCUT2D eigenvalue weighted by atomic mass is 35.5. The van der Waals surface area contributed by atoms with Crippen LogP contribution in [0.5, 0.6) is 0 Å². The van der Waals surface area contributed by atoms with E-state index in [2.05, 4.69) is 0 Å². The fourth-order valence-corrected chi connectivity index (χ4v) is 1.41. The van der Waals surface area contributed by atoms with Crippen molar-refractivity contribution in [1.29, 1.82) is 0 Å². The highest BCUT2D eigenvalue weighted by Gasteiger charge is 2.17. The number of halogens is 1. The molecule has 94 valence electrons. The number of nitro benzene ring substituents is 1. The normalized spacial score (nSPS) is 9.35. The van der Waals surface area contributed by atoms with Crippen molar-refractivity contribution in [3.8, 4) is 0 Å². The highest BCUT2D eigenvalue weighted by Crippen LogP contribution is 2.27. The molecule has 17 heavy (non-hydrogen) atoms. The van der Waals surface area contributed by atoms with Gasteiger partial charge in [0.25, 0.3) is 5.69 Å². The van der Waals surface area contributed by atoms with Gasteiger partial charge in [-0.1, -0.05) is 6.92 Å². The van der Waals surface area contributed by atoms with Crippen LogP contribution in [-0.2, 0) is 0 Å². The summed E-state index contributed by atoms with van der Waals surface area (Å²) in [5.41, 5.74) is 0.971. The molecule has 1 rings (SSSR count). The van der Waals surface area contributed by atoms with Gasteiger partial charge in [-0.25, -0.2) is 0 Å². The SMILES string of the molecule is CCC(=O)c1ccc([N+](=O)[O-])c(N(C)C)c1.Cl. The summed E-state index contributed by atoms with van der Waals surface area (Å²) in [5, 5.41) is 10.8. The third-order valence-corrected chi connectivity index (χ3v) is 2.30. The summed E-state index contributed by atoms with van der Waals surface area (Å²) in [4.78, 5) is 23.4. The minimum Gasteiger partial charge on any atom is -0.372 e. The third kappa shape index (κ3) is 3.42. The van der Waals surface area contributed by atoms with E-state index in [1.54, 1.807) is 32.0 Å². The minimum absolute atomic E-state index is 0. The van der Waals surface area contributed by atoms with Crippen molar-refractivity contribution in [2.45, 2.75) is 13.3 Å². The number of benzene rings is 1. The van der Waals surface area contributed by atoms with Gasteiger partial charge in [-0.3, -0.25) is 14.9 Å². The van der Waals surface area contributed by atoms with Crippen LogP contribution in [-0.4, -0.2) is 24.8 Å². The Kier molecular flexibility index (Phi) is 5.61. The van der Waals surface area contributed by atoms with Gasteiger partial charge in [0.2, 0.25) is 0 Å². The number of carbonyl (C=O) groups excluding carboxylic acids is 1. The minimum atomic E-state index is -0.449. The Bertz CT molecular complexity index is 433. The zero-order valence-corrected chi connectivity index (χ0v) is 10.8. The van der Waals surface area contributed by atoms with Crippen molar-refractivity contribution < 1.29 is 9.72 Å². The molecular formula is C11H15ClN2O3. The molecule has 0 saturated carbocycles. The lowest BCUT2D eigenvalue weighted by atomic mass is 10.1. The van der Waals surface area contributed by atoms with Gasteiger partial charge < -0.3 is 4.90 Å². The molecule has 5 nitrogen and oxygen atoms in total. The molecule has 0 heterocycles. The highest BCUT2D eigenvalue weighted by molar-refractivity contribution is 5.97. The zero-order valence-electron chi connectivity index (χ0n) is 9.97. The van der Waals surface area contributed by atoms with Crippen molar-refractivity contribution in [1.82, 2.24) is 0 Å². The number of carbonyl (C=O) groups is 1. The van der Waals surface area contributed by atoms with Crippen LogP contribution in [0.25, 0.3) is 0 Å². The second-order valence-electron chi connectivity index (χ2n) is 3.63. The molecular weight excluding hydrogens is 244 g/mol. The van der Waals surface area contributed by atoms with E-state index in [0.717, 1.165) is 0 Å². The van der Waals surface area contributed by atoms with Crippen molar-refractivity contribution in [3.05, 3.63) is 33.9 Å². The molecule has 0 unspecified atom stereocenters. The van der Waals surface area contributed by atoms with E-state index >= 15 is 0 Å². The molecule has 0 aliphatic heterocycles. The predicted octanol–water partition coefficient (Wildman–Crippen LogP) is 2.68. The van der Waals surface area contributed by atoms with Crippen molar-refractivity contribution in [3.63, 3.8) is 0 Å². The van der Waals surface area contributed by atoms with E-state index < -0.39 is 4.92 Å². The first-order valence-corrected chi connectivity index (χ1v) is 4.96. The molecule has 0 N–H and O–H groups in total. The van der Waals surface area contributed by atoms with Gasteiger partial charge in [-0.15, -0.1) is 12.4 Å². The summed E-state index contributed by atoms with van der Waals surface area (Å²) in [5.74, 6) is -0.0157. The standard InChI is InChI=1S/C11H14N2O3.ClH/c1-4-11(14)8-5-6-9(13(15)16)10(7-8)12(2)3;/h5-7H,4H2,1-3H3;1H. The quantitative estimate of drug-likeness (QED) is 0.473. The number of anilines is 1. The number of Topliss-reactive ketones (excluding diaryl/α,β-unsaturated/α-hetero) is 1. The number of ketones is 1. The van der Waals surface area contributed by atoms with Gasteiger partial charge in [0, 0.05) is 32.1 Å². The van der Waals surface area contributed by atoms with Gasteiger partial charge in [0.1, 0.15) is 5.69 Å². The Morgan fingerprint density at radius 1 is 1.41 bits per heavy atom. The van der Waals surface area contributed by atoms with E-state index in [1.165, 1.54) is 12.1 Å². The Balaban J connectivity index is 0.00000256. The van der Waals surface area contributed by atoms with Crippen LogP contribution in [0.3, 0.4) is 0 Å². The lowest BCUT2D eigenvalue weighted by Crippen LogP contribution is -2.12. The molecule has 0 radical (unpaired) electrons. The first kappa shape index (κ1) is 15.4. The maximum absolute atomic E-state index is 11.5. The van der Waals surface area contributed by atoms with Crippen molar-refractivity contribution in [2.24, 2.45) is 0 Å². The van der Waals surface area contributed by atoms with Crippen molar-refractivity contribution in [2.75, 3.05) is 19.0 Å². The van der Waals surface area contributed by atoms with Crippen LogP contribution < -0.4 is 4.90 Å². The largest absolute Gasteiger partial charge is 0.372 e. The molecule has 0 bridgehead atoms. The van der Waals surface area contributed by atoms with Crippen molar-refractivity contribution >= 4 is 29.6 Å². The van der Waals surface area contributed by atoms with E-state index in [-0.39, 0.29) is 23.9 Å². The van der Waals surface area contributed by atoms with Crippen LogP contribution in [0.15, 0.2) is 18.2 Å². The summed E-state index contributed by atoms with van der Waals surface area (Å²) in [6, 6.07) is 4.43. The zero-order chi connectivity index (χ0) is 12.3. The fourth-order valence-electron chi connectivity index (χ4n) is 1.41. The maximum atomic E-state index is 11.5. The van der Waals surface area contributed by atoms with Gasteiger partial charge in [-0.2, -0.15) is 0 Å². The molecule has 0 fully saturated rings. The van der Waals surface area contributed by atoms with E-state index in [9.17, 15) is 14.9 Å². The Hall–Kier alpha value is -1.62. The van der Waals surface area contributed by atoms with Gasteiger partial charge in [0.15, 0.2) is 5.78 Å². The van der Waals surface area contributed by atoms with Gasteiger partial charge in [-0.05, 0) is 12.1 Å². The number of hydrogen-bond acceptors (Lipinski definition) is 4. The van der Waals surface area contributed by atoms with Crippen LogP contribution in [0.2, 0.25) is 0 Å². The van der Waals surface area contributed by atoms with Crippen LogP contribution >= 0.6 is 12.4 Å². The number of nitro groups is 1. The summed E-state index contributed by atoms with van der Waals surface area (Å²) < 4.78 is 0. The molecule has 1 aromatic rings. The number of rotatable bonds is 4. The molecule has 1 aromatic carbocycles. The Morgan fingerprint density at radius 2 is 2.00 bits per heavy atom. The first-order chi connectivity index (χ1) is 7.47. The molecule has 0 aliphatic rings. The predicted molar refractivity (Wildman–Crippen MR) is 69.3 cm³/mol. The fraction of sp³-hybridized carbons (Fsp3) is 0.364. The van der Waals surface area contributed by atoms with Gasteiger partial charge >= 0.3 is 0 Å². The van der Waals surface area contributed by atoms with Crippen LogP contribution in [0.4, 0.5) is 11.4 Å². The lowest BCUT2D eigenvalue weighted by molar-refractivity contribution is -0.384. The first-order valence-electron chi connectivity index (χ1n) is 4.96. The average Bonchev–Trinajstić information content (AvgIpc) is 2.26. The molecule has 0 aliphatic carbocycles.